The third-order valence-electron chi connectivity index (χ3n) is 7.36. The zero-order valence-electron chi connectivity index (χ0n) is 29.1. The Morgan fingerprint density at radius 3 is 2.41 bits per heavy atom. The van der Waals surface area contributed by atoms with Gasteiger partial charge in [0.25, 0.3) is 5.91 Å². The number of phosphoric acid groups is 1. The summed E-state index contributed by atoms with van der Waals surface area (Å²) in [6.45, 7) is 9.26. The van der Waals surface area contributed by atoms with E-state index in [1.807, 2.05) is 27.7 Å². The van der Waals surface area contributed by atoms with E-state index in [0.717, 1.165) is 56.1 Å². The number of amides is 1. The molecule has 15 nitrogen and oxygen atoms in total. The minimum absolute atomic E-state index is 0. The third-order valence-corrected chi connectivity index (χ3v) is 8.77. The molecule has 5 rings (SSSR count). The van der Waals surface area contributed by atoms with E-state index in [1.165, 1.54) is 22.5 Å². The maximum absolute atomic E-state index is 14.8. The van der Waals surface area contributed by atoms with Crippen molar-refractivity contribution in [1.82, 2.24) is 29.5 Å². The number of carbonyl (C=O) groups excluding carboxylic acids is 2. The van der Waals surface area contributed by atoms with Crippen LogP contribution >= 0.6 is 19.2 Å². The number of nitrogens with zero attached hydrogens (tertiary/aromatic N) is 6. The normalized spacial score (nSPS) is 16.8. The van der Waals surface area contributed by atoms with E-state index in [4.69, 9.17) is 19.2 Å². The van der Waals surface area contributed by atoms with Gasteiger partial charge in [0.05, 0.1) is 24.0 Å². The first kappa shape index (κ1) is 42.5. The second kappa shape index (κ2) is 18.2. The molecule has 0 saturated heterocycles. The molecule has 0 spiro atoms. The summed E-state index contributed by atoms with van der Waals surface area (Å²) in [6.07, 6.45) is 7.13. The fourth-order valence-corrected chi connectivity index (χ4v) is 6.57. The van der Waals surface area contributed by atoms with Gasteiger partial charge >= 0.3 is 37.4 Å². The predicted octanol–water partition coefficient (Wildman–Crippen LogP) is 2.12. The number of pyridine rings is 1. The fraction of sp³-hybridized carbons (Fsp3) is 0.484. The molecule has 1 aliphatic rings. The zero-order valence-corrected chi connectivity index (χ0v) is 32.8. The van der Waals surface area contributed by atoms with Crippen molar-refractivity contribution in [1.29, 1.82) is 0 Å². The van der Waals surface area contributed by atoms with Crippen LogP contribution < -0.4 is 40.0 Å². The number of carboxylic acid groups (broad SMARTS) is 1. The summed E-state index contributed by atoms with van der Waals surface area (Å²) in [6, 6.07) is 1.84. The Morgan fingerprint density at radius 1 is 1.14 bits per heavy atom. The number of phosphoric ester groups is 1. The first-order valence-corrected chi connectivity index (χ1v) is 18.1. The number of aromatic nitrogens is 6. The van der Waals surface area contributed by atoms with Crippen molar-refractivity contribution < 1.29 is 76.6 Å². The van der Waals surface area contributed by atoms with Gasteiger partial charge in [-0.25, -0.2) is 23.6 Å². The Balaban J connectivity index is 0.00000133. The Hall–Kier alpha value is -2.93. The first-order valence-electron chi connectivity index (χ1n) is 15.7. The molecule has 1 unspecified atom stereocenters. The predicted molar refractivity (Wildman–Crippen MR) is 177 cm³/mol. The number of ether oxygens (including phenoxy) is 1. The molecule has 20 heteroatoms. The Bertz CT molecular complexity index is 1830. The van der Waals surface area contributed by atoms with Gasteiger partial charge in [0.1, 0.15) is 22.1 Å². The van der Waals surface area contributed by atoms with Gasteiger partial charge in [0, 0.05) is 35.9 Å². The van der Waals surface area contributed by atoms with Crippen molar-refractivity contribution in [2.75, 3.05) is 11.9 Å². The van der Waals surface area contributed by atoms with E-state index >= 15 is 0 Å². The summed E-state index contributed by atoms with van der Waals surface area (Å²) in [5.74, 6) is -3.37. The van der Waals surface area contributed by atoms with Crippen molar-refractivity contribution in [2.24, 2.45) is 5.41 Å². The molecule has 0 bridgehead atoms. The molecule has 0 aliphatic heterocycles. The summed E-state index contributed by atoms with van der Waals surface area (Å²) in [7, 11) is -4.81. The smallest absolute Gasteiger partial charge is 0.550 e. The number of carbonyl (C=O) groups is 2. The number of carboxylic acids is 1. The number of halogens is 2. The molecule has 1 fully saturated rings. The number of rotatable bonds is 11. The van der Waals surface area contributed by atoms with Gasteiger partial charge in [-0.15, -0.1) is 11.3 Å². The van der Waals surface area contributed by atoms with Crippen LogP contribution in [0.1, 0.15) is 89.5 Å². The standard InChI is InChI=1S/C29H36F2N7O6PS.C2H4O2.Na/c1-5-43-19-8-6-18(7-9-19)37-15-21(26(36-37)25-20(30)10-11-23(31)35-25)33-27(39)22-16-46-28(34-22)17-13-32-38(14-17)24(12-29(2,3)4)44-45(40,41)42;1-2(3)4;/h10-11,13-16,18-19,24H,5-9,12H2,1-4H3,(H,33,39)(H2,40,41,42);1H3,(H,3,4);/q;;+1/p-1. The van der Waals surface area contributed by atoms with Crippen molar-refractivity contribution in [3.05, 3.63) is 53.6 Å². The number of hydrogen-bond acceptors (Lipinski definition) is 11. The van der Waals surface area contributed by atoms with Gasteiger partial charge in [0.2, 0.25) is 5.95 Å². The number of anilines is 1. The topological polar surface area (TPSA) is 207 Å². The average molecular weight is 762 g/mol. The van der Waals surface area contributed by atoms with Gasteiger partial charge < -0.3 is 29.7 Å². The molecule has 1 atom stereocenters. The van der Waals surface area contributed by atoms with E-state index < -0.39 is 37.7 Å². The van der Waals surface area contributed by atoms with Crippen LogP contribution in [0.25, 0.3) is 22.0 Å². The molecule has 4 aromatic heterocycles. The molecule has 272 valence electrons. The van der Waals surface area contributed by atoms with Crippen molar-refractivity contribution >= 4 is 36.7 Å². The van der Waals surface area contributed by atoms with Crippen LogP contribution in [0.15, 0.2) is 36.1 Å². The first-order chi connectivity index (χ1) is 23.4. The molecule has 0 radical (unpaired) electrons. The molecular formula is C31H39F2N7NaO8PS. The van der Waals surface area contributed by atoms with Crippen LogP contribution in [0, 0.1) is 17.2 Å². The van der Waals surface area contributed by atoms with Crippen LogP contribution in [0.3, 0.4) is 0 Å². The average Bonchev–Trinajstić information content (AvgIpc) is 3.77. The van der Waals surface area contributed by atoms with Crippen LogP contribution in [0.2, 0.25) is 0 Å². The second-order valence-corrected chi connectivity index (χ2v) is 14.8. The third kappa shape index (κ3) is 12.6. The van der Waals surface area contributed by atoms with Gasteiger partial charge in [-0.2, -0.15) is 14.6 Å². The van der Waals surface area contributed by atoms with Gasteiger partial charge in [-0.1, -0.05) is 20.8 Å². The summed E-state index contributed by atoms with van der Waals surface area (Å²) in [5.41, 5.74) is 0.0249. The summed E-state index contributed by atoms with van der Waals surface area (Å²) >= 11 is 1.16. The largest absolute Gasteiger partial charge is 1.00 e. The Kier molecular flexibility index (Phi) is 15.2. The van der Waals surface area contributed by atoms with E-state index in [1.54, 1.807) is 10.9 Å². The SMILES string of the molecule is CC(=O)[O-].CCOC1CCC(n2cc(NC(=O)c3csc(-c4cnn(C(CC(C)(C)C)OP(=O)(O)O)c4)n3)c(-c3nc(F)ccc3F)n2)CC1.[Na+]. The molecule has 51 heavy (non-hydrogen) atoms. The molecule has 3 N–H and O–H groups in total. The number of nitrogens with one attached hydrogen (secondary N) is 1. The fourth-order valence-electron chi connectivity index (χ4n) is 5.31. The monoisotopic (exact) mass is 761 g/mol. The van der Waals surface area contributed by atoms with Gasteiger partial charge in [0.15, 0.2) is 12.0 Å². The Morgan fingerprint density at radius 2 is 1.80 bits per heavy atom. The number of thiazole rings is 1. The van der Waals surface area contributed by atoms with Gasteiger partial charge in [-0.05, 0) is 63.5 Å². The van der Waals surface area contributed by atoms with Gasteiger partial charge in [-0.3, -0.25) is 14.0 Å². The molecular weight excluding hydrogens is 722 g/mol. The molecule has 4 heterocycles. The Labute approximate surface area is 319 Å². The summed E-state index contributed by atoms with van der Waals surface area (Å²) in [4.78, 5) is 49.3. The summed E-state index contributed by atoms with van der Waals surface area (Å²) < 4.78 is 54.2. The second-order valence-electron chi connectivity index (χ2n) is 12.7. The van der Waals surface area contributed by atoms with Crippen LogP contribution in [-0.4, -0.2) is 63.9 Å². The van der Waals surface area contributed by atoms with E-state index in [0.29, 0.717) is 17.2 Å². The number of aliphatic carboxylic acids is 1. The molecule has 1 amide bonds. The van der Waals surface area contributed by atoms with Crippen molar-refractivity contribution in [2.45, 2.75) is 85.1 Å². The van der Waals surface area contributed by atoms with Crippen LogP contribution in [0.5, 0.6) is 0 Å². The summed E-state index contributed by atoms with van der Waals surface area (Å²) in [5, 5.41) is 22.3. The minimum Gasteiger partial charge on any atom is -0.550 e. The van der Waals surface area contributed by atoms with Crippen LogP contribution in [0.4, 0.5) is 14.5 Å². The van der Waals surface area contributed by atoms with Crippen molar-refractivity contribution in [3.63, 3.8) is 0 Å². The molecule has 4 aromatic rings. The van der Waals surface area contributed by atoms with E-state index in [2.05, 4.69) is 25.5 Å². The molecule has 1 aliphatic carbocycles. The minimum atomic E-state index is -4.81. The van der Waals surface area contributed by atoms with E-state index in [9.17, 15) is 27.9 Å². The quantitative estimate of drug-likeness (QED) is 0.114. The molecule has 1 saturated carbocycles. The number of hydrogen-bond donors (Lipinski definition) is 3. The van der Waals surface area contributed by atoms with Crippen LogP contribution in [-0.2, 0) is 18.6 Å². The van der Waals surface area contributed by atoms with E-state index in [-0.39, 0.29) is 76.3 Å². The maximum Gasteiger partial charge on any atom is 1.00 e. The molecule has 0 aromatic carbocycles. The van der Waals surface area contributed by atoms with Crippen molar-refractivity contribution in [3.8, 4) is 22.0 Å². The maximum atomic E-state index is 14.8. The zero-order chi connectivity index (χ0) is 36.8.